The minimum atomic E-state index is 0.416. The molecule has 96 valence electrons. The van der Waals surface area contributed by atoms with Gasteiger partial charge in [0.05, 0.1) is 12.2 Å². The third-order valence-corrected chi connectivity index (χ3v) is 3.83. The molecule has 0 spiro atoms. The summed E-state index contributed by atoms with van der Waals surface area (Å²) in [6.07, 6.45) is 12.4. The van der Waals surface area contributed by atoms with Crippen molar-refractivity contribution in [1.29, 1.82) is 0 Å². The molecular formula is C14H25N3. The number of aromatic nitrogens is 2. The van der Waals surface area contributed by atoms with Crippen molar-refractivity contribution in [2.75, 3.05) is 6.54 Å². The van der Waals surface area contributed by atoms with Crippen LogP contribution in [0.15, 0.2) is 12.4 Å². The van der Waals surface area contributed by atoms with Gasteiger partial charge in [-0.05, 0) is 26.3 Å². The summed E-state index contributed by atoms with van der Waals surface area (Å²) in [4.78, 5) is 0. The van der Waals surface area contributed by atoms with Gasteiger partial charge in [-0.15, -0.1) is 0 Å². The highest BCUT2D eigenvalue weighted by molar-refractivity contribution is 5.09. The van der Waals surface area contributed by atoms with Crippen LogP contribution in [0.2, 0.25) is 0 Å². The van der Waals surface area contributed by atoms with Crippen LogP contribution in [0.5, 0.6) is 0 Å². The predicted molar refractivity (Wildman–Crippen MR) is 71.1 cm³/mol. The molecule has 1 atom stereocenters. The highest BCUT2D eigenvalue weighted by Crippen LogP contribution is 2.27. The van der Waals surface area contributed by atoms with E-state index in [1.54, 1.807) is 0 Å². The van der Waals surface area contributed by atoms with Crippen LogP contribution in [0, 0.1) is 0 Å². The molecule has 1 unspecified atom stereocenters. The molecule has 1 aliphatic carbocycles. The molecule has 0 saturated heterocycles. The Hall–Kier alpha value is -0.830. The molecule has 1 saturated carbocycles. The fourth-order valence-corrected chi connectivity index (χ4v) is 2.72. The summed E-state index contributed by atoms with van der Waals surface area (Å²) in [5.41, 5.74) is 1.32. The monoisotopic (exact) mass is 235 g/mol. The van der Waals surface area contributed by atoms with E-state index in [0.29, 0.717) is 12.1 Å². The third kappa shape index (κ3) is 3.32. The molecule has 3 heteroatoms. The van der Waals surface area contributed by atoms with E-state index in [-0.39, 0.29) is 0 Å². The van der Waals surface area contributed by atoms with E-state index in [0.717, 1.165) is 6.54 Å². The minimum Gasteiger partial charge on any atom is -0.310 e. The molecular weight excluding hydrogens is 210 g/mol. The molecule has 1 heterocycles. The SMILES string of the molecule is CCNC(C)c1cnn(C2CCCCCC2)c1. The molecule has 1 fully saturated rings. The van der Waals surface area contributed by atoms with Crippen molar-refractivity contribution in [1.82, 2.24) is 15.1 Å². The quantitative estimate of drug-likeness (QED) is 0.810. The maximum absolute atomic E-state index is 4.56. The predicted octanol–water partition coefficient (Wildman–Crippen LogP) is 3.45. The number of nitrogens with one attached hydrogen (secondary N) is 1. The molecule has 17 heavy (non-hydrogen) atoms. The van der Waals surface area contributed by atoms with Gasteiger partial charge < -0.3 is 5.32 Å². The van der Waals surface area contributed by atoms with Crippen molar-refractivity contribution >= 4 is 0 Å². The van der Waals surface area contributed by atoms with Gasteiger partial charge >= 0.3 is 0 Å². The molecule has 0 radical (unpaired) electrons. The Labute approximate surface area is 105 Å². The number of rotatable bonds is 4. The van der Waals surface area contributed by atoms with E-state index in [4.69, 9.17) is 0 Å². The van der Waals surface area contributed by atoms with Crippen LogP contribution >= 0.6 is 0 Å². The Balaban J connectivity index is 2.01. The van der Waals surface area contributed by atoms with Gasteiger partial charge in [-0.2, -0.15) is 5.10 Å². The van der Waals surface area contributed by atoms with Crippen LogP contribution in [-0.4, -0.2) is 16.3 Å². The van der Waals surface area contributed by atoms with Gasteiger partial charge in [-0.1, -0.05) is 32.6 Å². The Kier molecular flexibility index (Phi) is 4.60. The first-order valence-electron chi connectivity index (χ1n) is 7.08. The zero-order valence-corrected chi connectivity index (χ0v) is 11.2. The Morgan fingerprint density at radius 2 is 2.06 bits per heavy atom. The van der Waals surface area contributed by atoms with Crippen LogP contribution in [0.25, 0.3) is 0 Å². The number of hydrogen-bond donors (Lipinski definition) is 1. The van der Waals surface area contributed by atoms with Crippen LogP contribution in [-0.2, 0) is 0 Å². The highest BCUT2D eigenvalue weighted by atomic mass is 15.3. The summed E-state index contributed by atoms with van der Waals surface area (Å²) in [6, 6.07) is 1.06. The first kappa shape index (κ1) is 12.6. The van der Waals surface area contributed by atoms with E-state index in [1.165, 1.54) is 44.1 Å². The lowest BCUT2D eigenvalue weighted by Crippen LogP contribution is -2.17. The molecule has 1 aromatic rings. The molecule has 1 aromatic heterocycles. The standard InChI is InChI=1S/C14H25N3/c1-3-15-12(2)13-10-16-17(11-13)14-8-6-4-5-7-9-14/h10-12,14-15H,3-9H2,1-2H3. The molecule has 1 N–H and O–H groups in total. The first-order chi connectivity index (χ1) is 8.31. The third-order valence-electron chi connectivity index (χ3n) is 3.83. The summed E-state index contributed by atoms with van der Waals surface area (Å²) >= 11 is 0. The minimum absolute atomic E-state index is 0.416. The maximum atomic E-state index is 4.56. The van der Waals surface area contributed by atoms with Crippen LogP contribution in [0.3, 0.4) is 0 Å². The van der Waals surface area contributed by atoms with Gasteiger partial charge in [0, 0.05) is 17.8 Å². The second-order valence-corrected chi connectivity index (χ2v) is 5.18. The molecule has 2 rings (SSSR count). The number of nitrogens with zero attached hydrogens (tertiary/aromatic N) is 2. The zero-order chi connectivity index (χ0) is 12.1. The fraction of sp³-hybridized carbons (Fsp3) is 0.786. The summed E-state index contributed by atoms with van der Waals surface area (Å²) < 4.78 is 2.20. The average molecular weight is 235 g/mol. The molecule has 1 aliphatic rings. The Morgan fingerprint density at radius 1 is 1.35 bits per heavy atom. The van der Waals surface area contributed by atoms with Gasteiger partial charge in [0.15, 0.2) is 0 Å². The van der Waals surface area contributed by atoms with Crippen LogP contribution in [0.4, 0.5) is 0 Å². The molecule has 0 aliphatic heterocycles. The van der Waals surface area contributed by atoms with E-state index >= 15 is 0 Å². The lowest BCUT2D eigenvalue weighted by atomic mass is 10.1. The normalized spacial score (nSPS) is 20.1. The average Bonchev–Trinajstić information content (AvgIpc) is 2.66. The maximum Gasteiger partial charge on any atom is 0.0537 e. The van der Waals surface area contributed by atoms with Gasteiger partial charge in [0.25, 0.3) is 0 Å². The van der Waals surface area contributed by atoms with Gasteiger partial charge in [-0.25, -0.2) is 0 Å². The van der Waals surface area contributed by atoms with E-state index in [2.05, 4.69) is 35.1 Å². The van der Waals surface area contributed by atoms with Crippen molar-refractivity contribution in [2.24, 2.45) is 0 Å². The van der Waals surface area contributed by atoms with Crippen molar-refractivity contribution in [3.05, 3.63) is 18.0 Å². The smallest absolute Gasteiger partial charge is 0.0537 e. The van der Waals surface area contributed by atoms with Gasteiger partial charge in [-0.3, -0.25) is 4.68 Å². The van der Waals surface area contributed by atoms with Crippen molar-refractivity contribution in [3.63, 3.8) is 0 Å². The first-order valence-corrected chi connectivity index (χ1v) is 7.08. The van der Waals surface area contributed by atoms with Gasteiger partial charge in [0.1, 0.15) is 0 Å². The summed E-state index contributed by atoms with van der Waals surface area (Å²) in [5.74, 6) is 0. The van der Waals surface area contributed by atoms with Crippen LogP contribution < -0.4 is 5.32 Å². The highest BCUT2D eigenvalue weighted by Gasteiger charge is 2.16. The van der Waals surface area contributed by atoms with Crippen molar-refractivity contribution in [3.8, 4) is 0 Å². The van der Waals surface area contributed by atoms with E-state index in [1.807, 2.05) is 6.20 Å². The second-order valence-electron chi connectivity index (χ2n) is 5.18. The van der Waals surface area contributed by atoms with Gasteiger partial charge in [0.2, 0.25) is 0 Å². The lowest BCUT2D eigenvalue weighted by molar-refractivity contribution is 0.405. The number of hydrogen-bond acceptors (Lipinski definition) is 2. The van der Waals surface area contributed by atoms with E-state index in [9.17, 15) is 0 Å². The second kappa shape index (κ2) is 6.20. The molecule has 0 aromatic carbocycles. The van der Waals surface area contributed by atoms with E-state index < -0.39 is 0 Å². The lowest BCUT2D eigenvalue weighted by Gasteiger charge is -2.14. The summed E-state index contributed by atoms with van der Waals surface area (Å²) in [7, 11) is 0. The zero-order valence-electron chi connectivity index (χ0n) is 11.2. The van der Waals surface area contributed by atoms with Crippen molar-refractivity contribution in [2.45, 2.75) is 64.5 Å². The molecule has 0 amide bonds. The Bertz CT molecular complexity index is 324. The largest absolute Gasteiger partial charge is 0.310 e. The summed E-state index contributed by atoms with van der Waals surface area (Å²) in [6.45, 7) is 5.36. The summed E-state index contributed by atoms with van der Waals surface area (Å²) in [5, 5.41) is 8.00. The molecule has 0 bridgehead atoms. The molecule has 3 nitrogen and oxygen atoms in total. The van der Waals surface area contributed by atoms with Crippen LogP contribution in [0.1, 0.15) is 70.0 Å². The van der Waals surface area contributed by atoms with Crippen molar-refractivity contribution < 1.29 is 0 Å². The Morgan fingerprint density at radius 3 is 2.71 bits per heavy atom. The topological polar surface area (TPSA) is 29.9 Å². The fourth-order valence-electron chi connectivity index (χ4n) is 2.72.